The number of hydrogen-bond donors (Lipinski definition) is 0. The molecule has 2 aromatic rings. The standard InChI is InChI=1S/C19H25N3O5S/c1-11-14-16(25-3)20-13(10-24-2)21-17(14)28-15(11)18(23)22-6-4-12(5-7-22)19-26-8-9-27-19/h12,19H,4-10H2,1-3H3. The SMILES string of the molecule is COCc1nc(OC)c2c(C)c(C(=O)N3CCC(C4OCCO4)CC3)sc2n1. The first-order valence-corrected chi connectivity index (χ1v) is 10.3. The average molecular weight is 407 g/mol. The Kier molecular flexibility index (Phi) is 5.77. The Morgan fingerprint density at radius 1 is 1.21 bits per heavy atom. The fourth-order valence-corrected chi connectivity index (χ4v) is 5.02. The van der Waals surface area contributed by atoms with Gasteiger partial charge in [-0.25, -0.2) is 4.98 Å². The van der Waals surface area contributed by atoms with Gasteiger partial charge < -0.3 is 23.8 Å². The Bertz CT molecular complexity index is 857. The van der Waals surface area contributed by atoms with Gasteiger partial charge in [-0.1, -0.05) is 0 Å². The number of aryl methyl sites for hydroxylation is 1. The van der Waals surface area contributed by atoms with Gasteiger partial charge >= 0.3 is 0 Å². The van der Waals surface area contributed by atoms with Crippen LogP contribution in [0.4, 0.5) is 0 Å². The van der Waals surface area contributed by atoms with Crippen molar-refractivity contribution in [3.8, 4) is 5.88 Å². The summed E-state index contributed by atoms with van der Waals surface area (Å²) in [6.07, 6.45) is 1.67. The van der Waals surface area contributed by atoms with Crippen LogP contribution >= 0.6 is 11.3 Å². The third-order valence-corrected chi connectivity index (χ3v) is 6.50. The zero-order valence-corrected chi connectivity index (χ0v) is 17.2. The molecular weight excluding hydrogens is 382 g/mol. The molecule has 0 atom stereocenters. The second-order valence-electron chi connectivity index (χ2n) is 7.06. The lowest BCUT2D eigenvalue weighted by Crippen LogP contribution is -2.41. The van der Waals surface area contributed by atoms with Crippen molar-refractivity contribution in [3.63, 3.8) is 0 Å². The zero-order valence-electron chi connectivity index (χ0n) is 16.4. The minimum Gasteiger partial charge on any atom is -0.480 e. The van der Waals surface area contributed by atoms with E-state index in [1.165, 1.54) is 11.3 Å². The first-order valence-electron chi connectivity index (χ1n) is 9.47. The molecule has 2 aliphatic heterocycles. The van der Waals surface area contributed by atoms with E-state index >= 15 is 0 Å². The second kappa shape index (κ2) is 8.28. The van der Waals surface area contributed by atoms with Crippen molar-refractivity contribution in [1.29, 1.82) is 0 Å². The van der Waals surface area contributed by atoms with Crippen molar-refractivity contribution in [1.82, 2.24) is 14.9 Å². The minimum absolute atomic E-state index is 0.0440. The maximum absolute atomic E-state index is 13.2. The number of rotatable bonds is 5. The van der Waals surface area contributed by atoms with Crippen LogP contribution in [0.2, 0.25) is 0 Å². The summed E-state index contributed by atoms with van der Waals surface area (Å²) in [7, 11) is 3.18. The first-order chi connectivity index (χ1) is 13.6. The Labute approximate surface area is 167 Å². The molecule has 0 saturated carbocycles. The molecule has 0 spiro atoms. The summed E-state index contributed by atoms with van der Waals surface area (Å²) < 4.78 is 21.8. The van der Waals surface area contributed by atoms with E-state index in [2.05, 4.69) is 9.97 Å². The maximum atomic E-state index is 13.2. The van der Waals surface area contributed by atoms with Crippen LogP contribution in [-0.2, 0) is 20.8 Å². The van der Waals surface area contributed by atoms with Gasteiger partial charge in [0.1, 0.15) is 11.4 Å². The fraction of sp³-hybridized carbons (Fsp3) is 0.632. The topological polar surface area (TPSA) is 83.0 Å². The molecule has 9 heteroatoms. The number of thiophene rings is 1. The van der Waals surface area contributed by atoms with Crippen LogP contribution in [0.25, 0.3) is 10.2 Å². The second-order valence-corrected chi connectivity index (χ2v) is 8.06. The molecule has 28 heavy (non-hydrogen) atoms. The molecule has 0 unspecified atom stereocenters. The number of ether oxygens (including phenoxy) is 4. The van der Waals surface area contributed by atoms with Gasteiger partial charge in [0.15, 0.2) is 12.1 Å². The normalized spacial score (nSPS) is 18.9. The Morgan fingerprint density at radius 2 is 1.93 bits per heavy atom. The van der Waals surface area contributed by atoms with Gasteiger partial charge in [0.05, 0.1) is 30.6 Å². The van der Waals surface area contributed by atoms with Gasteiger partial charge in [-0.3, -0.25) is 4.79 Å². The molecule has 2 aliphatic rings. The third kappa shape index (κ3) is 3.59. The Morgan fingerprint density at radius 3 is 2.57 bits per heavy atom. The molecule has 0 aromatic carbocycles. The lowest BCUT2D eigenvalue weighted by molar-refractivity contribution is -0.0956. The number of nitrogens with zero attached hydrogens (tertiary/aromatic N) is 3. The fourth-order valence-electron chi connectivity index (χ4n) is 3.86. The summed E-state index contributed by atoms with van der Waals surface area (Å²) >= 11 is 1.39. The molecule has 0 N–H and O–H groups in total. The molecule has 1 amide bonds. The predicted octanol–water partition coefficient (Wildman–Crippen LogP) is 2.38. The number of methoxy groups -OCH3 is 2. The van der Waals surface area contributed by atoms with Crippen molar-refractivity contribution < 1.29 is 23.7 Å². The van der Waals surface area contributed by atoms with E-state index in [1.54, 1.807) is 14.2 Å². The lowest BCUT2D eigenvalue weighted by Gasteiger charge is -2.33. The number of likely N-dealkylation sites (tertiary alicyclic amines) is 1. The highest BCUT2D eigenvalue weighted by Crippen LogP contribution is 2.36. The smallest absolute Gasteiger partial charge is 0.264 e. The van der Waals surface area contributed by atoms with E-state index in [1.807, 2.05) is 11.8 Å². The van der Waals surface area contributed by atoms with Crippen LogP contribution in [0, 0.1) is 12.8 Å². The van der Waals surface area contributed by atoms with Gasteiger partial charge in [-0.2, -0.15) is 4.98 Å². The van der Waals surface area contributed by atoms with Crippen LogP contribution in [0.5, 0.6) is 5.88 Å². The summed E-state index contributed by atoms with van der Waals surface area (Å²) in [6.45, 7) is 4.97. The van der Waals surface area contributed by atoms with Crippen LogP contribution in [0.3, 0.4) is 0 Å². The summed E-state index contributed by atoms with van der Waals surface area (Å²) in [5.41, 5.74) is 0.871. The van der Waals surface area contributed by atoms with Crippen LogP contribution in [0.1, 0.15) is 33.9 Å². The van der Waals surface area contributed by atoms with Crippen LogP contribution in [-0.4, -0.2) is 67.6 Å². The maximum Gasteiger partial charge on any atom is 0.264 e. The third-order valence-electron chi connectivity index (χ3n) is 5.32. The van der Waals surface area contributed by atoms with Crippen molar-refractivity contribution in [2.45, 2.75) is 32.7 Å². The van der Waals surface area contributed by atoms with Crippen LogP contribution < -0.4 is 4.74 Å². The highest BCUT2D eigenvalue weighted by molar-refractivity contribution is 7.20. The highest BCUT2D eigenvalue weighted by Gasteiger charge is 2.33. The number of piperidine rings is 1. The van der Waals surface area contributed by atoms with E-state index in [0.29, 0.717) is 55.4 Å². The van der Waals surface area contributed by atoms with E-state index in [0.717, 1.165) is 28.6 Å². The number of carbonyl (C=O) groups is 1. The molecular formula is C19H25N3O5S. The quantitative estimate of drug-likeness (QED) is 0.752. The van der Waals surface area contributed by atoms with E-state index < -0.39 is 0 Å². The van der Waals surface area contributed by atoms with Crippen molar-refractivity contribution in [3.05, 3.63) is 16.3 Å². The van der Waals surface area contributed by atoms with Gasteiger partial charge in [0, 0.05) is 26.1 Å². The monoisotopic (exact) mass is 407 g/mol. The molecule has 4 heterocycles. The van der Waals surface area contributed by atoms with Gasteiger partial charge in [-0.15, -0.1) is 11.3 Å². The number of aromatic nitrogens is 2. The highest BCUT2D eigenvalue weighted by atomic mass is 32.1. The van der Waals surface area contributed by atoms with E-state index in [-0.39, 0.29) is 12.2 Å². The summed E-state index contributed by atoms with van der Waals surface area (Å²) in [5.74, 6) is 1.43. The van der Waals surface area contributed by atoms with Crippen molar-refractivity contribution >= 4 is 27.5 Å². The number of hydrogen-bond acceptors (Lipinski definition) is 8. The van der Waals surface area contributed by atoms with Crippen molar-refractivity contribution in [2.75, 3.05) is 40.5 Å². The molecule has 4 rings (SSSR count). The number of carbonyl (C=O) groups excluding carboxylic acids is 1. The zero-order chi connectivity index (χ0) is 19.7. The summed E-state index contributed by atoms with van der Waals surface area (Å²) in [5, 5.41) is 0.804. The summed E-state index contributed by atoms with van der Waals surface area (Å²) in [4.78, 5) is 25.5. The average Bonchev–Trinajstić information content (AvgIpc) is 3.36. The molecule has 2 fully saturated rings. The summed E-state index contributed by atoms with van der Waals surface area (Å²) in [6, 6.07) is 0. The Hall–Kier alpha value is -1.81. The van der Waals surface area contributed by atoms with E-state index in [4.69, 9.17) is 18.9 Å². The van der Waals surface area contributed by atoms with E-state index in [9.17, 15) is 4.79 Å². The largest absolute Gasteiger partial charge is 0.480 e. The first kappa shape index (κ1) is 19.5. The minimum atomic E-state index is -0.109. The molecule has 152 valence electrons. The lowest BCUT2D eigenvalue weighted by atomic mass is 9.96. The molecule has 2 aromatic heterocycles. The van der Waals surface area contributed by atoms with Gasteiger partial charge in [-0.05, 0) is 25.3 Å². The number of fused-ring (bicyclic) bond motifs is 1. The molecule has 0 bridgehead atoms. The molecule has 0 radical (unpaired) electrons. The van der Waals surface area contributed by atoms with Gasteiger partial charge in [0.2, 0.25) is 5.88 Å². The predicted molar refractivity (Wildman–Crippen MR) is 104 cm³/mol. The van der Waals surface area contributed by atoms with Crippen LogP contribution in [0.15, 0.2) is 0 Å². The van der Waals surface area contributed by atoms with Crippen molar-refractivity contribution in [2.24, 2.45) is 5.92 Å². The number of amides is 1. The molecule has 2 saturated heterocycles. The Balaban J connectivity index is 1.55. The molecule has 0 aliphatic carbocycles. The molecule has 8 nitrogen and oxygen atoms in total. The van der Waals surface area contributed by atoms with Gasteiger partial charge in [0.25, 0.3) is 5.91 Å².